The molecule has 2 aromatic carbocycles. The summed E-state index contributed by atoms with van der Waals surface area (Å²) in [6.07, 6.45) is 0. The molecule has 0 saturated carbocycles. The number of thioether (sulfide) groups is 1. The average Bonchev–Trinajstić information content (AvgIpc) is 2.66. The van der Waals surface area contributed by atoms with E-state index in [0.29, 0.717) is 11.7 Å². The summed E-state index contributed by atoms with van der Waals surface area (Å²) in [6.45, 7) is 4.45. The van der Waals surface area contributed by atoms with Crippen molar-refractivity contribution in [3.63, 3.8) is 0 Å². The van der Waals surface area contributed by atoms with Crippen LogP contribution in [-0.4, -0.2) is 23.4 Å². The van der Waals surface area contributed by atoms with Gasteiger partial charge in [-0.1, -0.05) is 29.8 Å². The molecule has 1 amide bonds. The quantitative estimate of drug-likeness (QED) is 0.401. The second-order valence-corrected chi connectivity index (χ2v) is 7.54. The molecule has 0 aromatic heterocycles. The van der Waals surface area contributed by atoms with Crippen LogP contribution in [0.3, 0.4) is 0 Å². The van der Waals surface area contributed by atoms with Gasteiger partial charge in [-0.15, -0.1) is 11.8 Å². The number of nitrogens with one attached hydrogen (secondary N) is 3. The number of aryl methyl sites for hydroxylation is 1. The van der Waals surface area contributed by atoms with Crippen LogP contribution in [0.15, 0.2) is 53.4 Å². The van der Waals surface area contributed by atoms with E-state index in [0.717, 1.165) is 16.2 Å². The Kier molecular flexibility index (Phi) is 7.74. The fraction of sp³-hybridized carbons (Fsp3) is 0.263. The van der Waals surface area contributed by atoms with Gasteiger partial charge in [-0.25, -0.2) is 0 Å². The first-order valence-electron chi connectivity index (χ1n) is 8.18. The minimum Gasteiger partial charge on any atom is -0.497 e. The first kappa shape index (κ1) is 20.1. The fourth-order valence-corrected chi connectivity index (χ4v) is 3.06. The van der Waals surface area contributed by atoms with E-state index in [9.17, 15) is 4.79 Å². The summed E-state index contributed by atoms with van der Waals surface area (Å²) in [6, 6.07) is 15.8. The van der Waals surface area contributed by atoms with Crippen LogP contribution in [0.1, 0.15) is 18.1 Å². The van der Waals surface area contributed by atoms with Crippen molar-refractivity contribution in [2.45, 2.75) is 30.5 Å². The molecule has 0 spiro atoms. The lowest BCUT2D eigenvalue weighted by Crippen LogP contribution is -2.48. The molecule has 0 aliphatic rings. The second kappa shape index (κ2) is 10.0. The van der Waals surface area contributed by atoms with Gasteiger partial charge >= 0.3 is 0 Å². The standard InChI is InChI=1S/C19H23N3O2S2/c1-13-4-10-17(11-5-13)26-14(2)18(23)21-22-19(25)20-12-15-6-8-16(24-3)9-7-15/h4-11,14H,12H2,1-3H3,(H,21,23)(H2,20,22,25)/t14-/m1/s1. The van der Waals surface area contributed by atoms with Gasteiger partial charge in [0.15, 0.2) is 5.11 Å². The number of carbonyl (C=O) groups excluding carboxylic acids is 1. The van der Waals surface area contributed by atoms with E-state index in [1.54, 1.807) is 7.11 Å². The predicted molar refractivity (Wildman–Crippen MR) is 110 cm³/mol. The lowest BCUT2D eigenvalue weighted by atomic mass is 10.2. The van der Waals surface area contributed by atoms with E-state index in [4.69, 9.17) is 17.0 Å². The minimum atomic E-state index is -0.241. The Bertz CT molecular complexity index is 733. The molecule has 7 heteroatoms. The first-order valence-corrected chi connectivity index (χ1v) is 9.46. The number of hydrogen-bond donors (Lipinski definition) is 3. The molecule has 0 aliphatic carbocycles. The van der Waals surface area contributed by atoms with E-state index in [-0.39, 0.29) is 11.2 Å². The number of hydrazine groups is 1. The van der Waals surface area contributed by atoms with Crippen LogP contribution in [0, 0.1) is 6.92 Å². The van der Waals surface area contributed by atoms with E-state index >= 15 is 0 Å². The van der Waals surface area contributed by atoms with Crippen molar-refractivity contribution in [3.8, 4) is 5.75 Å². The molecule has 0 unspecified atom stereocenters. The number of thiocarbonyl (C=S) groups is 1. The van der Waals surface area contributed by atoms with E-state index < -0.39 is 0 Å². The monoisotopic (exact) mass is 389 g/mol. The first-order chi connectivity index (χ1) is 12.5. The lowest BCUT2D eigenvalue weighted by molar-refractivity contribution is -0.120. The van der Waals surface area contributed by atoms with Gasteiger partial charge in [0.1, 0.15) is 5.75 Å². The summed E-state index contributed by atoms with van der Waals surface area (Å²) in [4.78, 5) is 13.2. The highest BCUT2D eigenvalue weighted by molar-refractivity contribution is 8.00. The summed E-state index contributed by atoms with van der Waals surface area (Å²) < 4.78 is 5.12. The van der Waals surface area contributed by atoms with E-state index in [1.807, 2.05) is 62.4 Å². The van der Waals surface area contributed by atoms with Crippen molar-refractivity contribution in [1.29, 1.82) is 0 Å². The van der Waals surface area contributed by atoms with Crippen molar-refractivity contribution < 1.29 is 9.53 Å². The number of hydrogen-bond acceptors (Lipinski definition) is 4. The van der Waals surface area contributed by atoms with Crippen LogP contribution < -0.4 is 20.9 Å². The molecule has 5 nitrogen and oxygen atoms in total. The van der Waals surface area contributed by atoms with Crippen molar-refractivity contribution in [2.24, 2.45) is 0 Å². The Labute approximate surface area is 163 Å². The van der Waals surface area contributed by atoms with Crippen LogP contribution in [0.2, 0.25) is 0 Å². The molecule has 0 fully saturated rings. The van der Waals surface area contributed by atoms with Crippen LogP contribution in [-0.2, 0) is 11.3 Å². The maximum atomic E-state index is 12.2. The summed E-state index contributed by atoms with van der Waals surface area (Å²) in [7, 11) is 1.63. The molecule has 0 bridgehead atoms. The summed E-state index contributed by atoms with van der Waals surface area (Å²) >= 11 is 6.68. The number of methoxy groups -OCH3 is 1. The number of amides is 1. The largest absolute Gasteiger partial charge is 0.497 e. The zero-order chi connectivity index (χ0) is 18.9. The Balaban J connectivity index is 1.71. The molecule has 3 N–H and O–H groups in total. The highest BCUT2D eigenvalue weighted by Gasteiger charge is 2.14. The van der Waals surface area contributed by atoms with Crippen molar-refractivity contribution in [3.05, 3.63) is 59.7 Å². The zero-order valence-electron chi connectivity index (χ0n) is 15.0. The van der Waals surface area contributed by atoms with Gasteiger partial charge in [0.05, 0.1) is 12.4 Å². The molecule has 0 aliphatic heterocycles. The molecule has 2 aromatic rings. The maximum Gasteiger partial charge on any atom is 0.251 e. The molecule has 1 atom stereocenters. The highest BCUT2D eigenvalue weighted by Crippen LogP contribution is 2.23. The zero-order valence-corrected chi connectivity index (χ0v) is 16.7. The lowest BCUT2D eigenvalue weighted by Gasteiger charge is -2.15. The normalized spacial score (nSPS) is 11.3. The molecule has 0 saturated heterocycles. The van der Waals surface area contributed by atoms with Crippen molar-refractivity contribution >= 4 is 35.0 Å². The van der Waals surface area contributed by atoms with Gasteiger partial charge < -0.3 is 10.1 Å². The summed E-state index contributed by atoms with van der Waals surface area (Å²) in [5.74, 6) is 0.672. The fourth-order valence-electron chi connectivity index (χ4n) is 2.06. The van der Waals surface area contributed by atoms with Gasteiger partial charge in [-0.05, 0) is 55.9 Å². The van der Waals surface area contributed by atoms with Crippen LogP contribution in [0.25, 0.3) is 0 Å². The second-order valence-electron chi connectivity index (χ2n) is 5.72. The predicted octanol–water partition coefficient (Wildman–Crippen LogP) is 3.18. The number of rotatable bonds is 6. The van der Waals surface area contributed by atoms with Gasteiger partial charge in [-0.3, -0.25) is 15.6 Å². The third-order valence-electron chi connectivity index (χ3n) is 3.61. The van der Waals surface area contributed by atoms with Crippen molar-refractivity contribution in [2.75, 3.05) is 7.11 Å². The van der Waals surface area contributed by atoms with Gasteiger partial charge in [-0.2, -0.15) is 0 Å². The Morgan fingerprint density at radius 3 is 2.38 bits per heavy atom. The summed E-state index contributed by atoms with van der Waals surface area (Å²) in [5, 5.41) is 3.17. The maximum absolute atomic E-state index is 12.2. The molecule has 26 heavy (non-hydrogen) atoms. The van der Waals surface area contributed by atoms with Crippen LogP contribution in [0.5, 0.6) is 5.75 Å². The Morgan fingerprint density at radius 2 is 1.77 bits per heavy atom. The SMILES string of the molecule is COc1ccc(CNC(=S)NNC(=O)[C@@H](C)Sc2ccc(C)cc2)cc1. The van der Waals surface area contributed by atoms with Gasteiger partial charge in [0.25, 0.3) is 5.91 Å². The van der Waals surface area contributed by atoms with Crippen molar-refractivity contribution in [1.82, 2.24) is 16.2 Å². The highest BCUT2D eigenvalue weighted by atomic mass is 32.2. The molecular formula is C19H23N3O2S2. The average molecular weight is 390 g/mol. The topological polar surface area (TPSA) is 62.4 Å². The number of carbonyl (C=O) groups is 1. The van der Waals surface area contributed by atoms with Crippen LogP contribution in [0.4, 0.5) is 0 Å². The smallest absolute Gasteiger partial charge is 0.251 e. The van der Waals surface area contributed by atoms with Gasteiger partial charge in [0, 0.05) is 11.4 Å². The van der Waals surface area contributed by atoms with Gasteiger partial charge in [0.2, 0.25) is 0 Å². The third kappa shape index (κ3) is 6.57. The van der Waals surface area contributed by atoms with Crippen LogP contribution >= 0.6 is 24.0 Å². The Hall–Kier alpha value is -2.25. The molecule has 2 rings (SSSR count). The molecule has 0 radical (unpaired) electrons. The molecule has 0 heterocycles. The number of benzene rings is 2. The summed E-state index contributed by atoms with van der Waals surface area (Å²) in [5.41, 5.74) is 7.62. The molecular weight excluding hydrogens is 366 g/mol. The van der Waals surface area contributed by atoms with E-state index in [1.165, 1.54) is 17.3 Å². The third-order valence-corrected chi connectivity index (χ3v) is 4.97. The minimum absolute atomic E-state index is 0.135. The molecule has 138 valence electrons. The number of ether oxygens (including phenoxy) is 1. The van der Waals surface area contributed by atoms with E-state index in [2.05, 4.69) is 16.2 Å². The Morgan fingerprint density at radius 1 is 1.12 bits per heavy atom.